The Hall–Kier alpha value is -3.60. The maximum atomic E-state index is 13.4. The Morgan fingerprint density at radius 1 is 1.25 bits per heavy atom. The molecule has 1 saturated heterocycles. The molecule has 2 atom stereocenters. The molecule has 1 fully saturated rings. The van der Waals surface area contributed by atoms with Crippen molar-refractivity contribution in [2.45, 2.75) is 44.8 Å². The summed E-state index contributed by atoms with van der Waals surface area (Å²) in [6.45, 7) is 3.10. The van der Waals surface area contributed by atoms with Gasteiger partial charge in [0, 0.05) is 49.6 Å². The molecular weight excluding hydrogens is 534 g/mol. The number of carbonyl (C=O) groups is 2. The van der Waals surface area contributed by atoms with Gasteiger partial charge >= 0.3 is 0 Å². The second-order valence-corrected chi connectivity index (χ2v) is 10.5. The van der Waals surface area contributed by atoms with Crippen molar-refractivity contribution in [3.05, 3.63) is 70.3 Å². The van der Waals surface area contributed by atoms with Gasteiger partial charge in [-0.25, -0.2) is 15.0 Å². The fraction of sp³-hybridized carbons (Fsp3) is 0.414. The normalized spacial score (nSPS) is 16.9. The first kappa shape index (κ1) is 27.9. The smallest absolute Gasteiger partial charge is 0.255 e. The Labute approximate surface area is 237 Å². The fourth-order valence-electron chi connectivity index (χ4n) is 5.08. The van der Waals surface area contributed by atoms with Crippen molar-refractivity contribution in [1.29, 1.82) is 0 Å². The lowest BCUT2D eigenvalue weighted by Gasteiger charge is -2.25. The summed E-state index contributed by atoms with van der Waals surface area (Å²) in [5.41, 5.74) is 3.08. The van der Waals surface area contributed by atoms with Crippen LogP contribution in [0.1, 0.15) is 53.2 Å². The average molecular weight is 566 g/mol. The summed E-state index contributed by atoms with van der Waals surface area (Å²) < 4.78 is 10.6. The molecule has 0 saturated carbocycles. The number of ether oxygens (including phenoxy) is 2. The largest absolute Gasteiger partial charge is 0.481 e. The number of rotatable bonds is 9. The molecule has 3 aromatic rings. The molecule has 0 aliphatic carbocycles. The van der Waals surface area contributed by atoms with Crippen molar-refractivity contribution in [3.63, 3.8) is 0 Å². The third-order valence-electron chi connectivity index (χ3n) is 7.48. The fourth-order valence-corrected chi connectivity index (χ4v) is 5.28. The average Bonchev–Trinajstić information content (AvgIpc) is 3.32. The summed E-state index contributed by atoms with van der Waals surface area (Å²) in [5.74, 6) is 0.900. The van der Waals surface area contributed by atoms with Crippen molar-refractivity contribution >= 4 is 23.4 Å². The van der Waals surface area contributed by atoms with E-state index in [4.69, 9.17) is 26.1 Å². The van der Waals surface area contributed by atoms with E-state index in [-0.39, 0.29) is 19.1 Å². The van der Waals surface area contributed by atoms with Crippen LogP contribution in [0, 0.1) is 5.92 Å². The number of pyridine rings is 1. The highest BCUT2D eigenvalue weighted by atomic mass is 35.5. The standard InChI is InChI=1S/C29H32ClN5O5/c1-17(28(37)33-24(16-36)23-4-3-5-26(32-23)39-2)35-15-20-7-6-19(13-21(20)29(35)38)27-22(30)14-31-25(34-27)12-18-8-10-40-11-9-18/h3-7,13-14,17-18,24,36H,8-12,15-16H2,1-2H3,(H,33,37)/t17-,24-/m1/s1. The number of carbonyl (C=O) groups excluding carboxylic acids is 2. The molecule has 2 aromatic heterocycles. The second kappa shape index (κ2) is 12.3. The number of benzene rings is 1. The second-order valence-electron chi connectivity index (χ2n) is 10.1. The monoisotopic (exact) mass is 565 g/mol. The zero-order valence-electron chi connectivity index (χ0n) is 22.5. The zero-order valence-corrected chi connectivity index (χ0v) is 23.2. The van der Waals surface area contributed by atoms with E-state index in [1.54, 1.807) is 37.4 Å². The number of aromatic nitrogens is 3. The van der Waals surface area contributed by atoms with Gasteiger partial charge in [-0.2, -0.15) is 0 Å². The number of nitrogens with zero attached hydrogens (tertiary/aromatic N) is 4. The molecule has 1 aromatic carbocycles. The minimum absolute atomic E-state index is 0.257. The third kappa shape index (κ3) is 5.94. The van der Waals surface area contributed by atoms with Gasteiger partial charge in [-0.3, -0.25) is 9.59 Å². The summed E-state index contributed by atoms with van der Waals surface area (Å²) in [5, 5.41) is 13.1. The highest BCUT2D eigenvalue weighted by molar-refractivity contribution is 6.32. The minimum Gasteiger partial charge on any atom is -0.481 e. The summed E-state index contributed by atoms with van der Waals surface area (Å²) >= 11 is 6.49. The van der Waals surface area contributed by atoms with Crippen LogP contribution in [-0.4, -0.2) is 69.7 Å². The number of aliphatic hydroxyl groups is 1. The molecule has 2 amide bonds. The van der Waals surface area contributed by atoms with Crippen LogP contribution in [0.2, 0.25) is 5.02 Å². The number of methoxy groups -OCH3 is 1. The number of nitrogens with one attached hydrogen (secondary N) is 1. The first-order chi connectivity index (χ1) is 19.4. The van der Waals surface area contributed by atoms with Crippen LogP contribution in [0.4, 0.5) is 0 Å². The van der Waals surface area contributed by atoms with Gasteiger partial charge < -0.3 is 24.8 Å². The molecule has 0 radical (unpaired) electrons. The number of amides is 2. The molecule has 2 aliphatic heterocycles. The van der Waals surface area contributed by atoms with Crippen LogP contribution in [0.3, 0.4) is 0 Å². The van der Waals surface area contributed by atoms with Gasteiger partial charge in [0.25, 0.3) is 5.91 Å². The first-order valence-electron chi connectivity index (χ1n) is 13.3. The van der Waals surface area contributed by atoms with Gasteiger partial charge in [-0.05, 0) is 43.4 Å². The van der Waals surface area contributed by atoms with E-state index in [2.05, 4.69) is 15.3 Å². The lowest BCUT2D eigenvalue weighted by Crippen LogP contribution is -2.46. The van der Waals surface area contributed by atoms with Crippen molar-refractivity contribution in [3.8, 4) is 17.1 Å². The van der Waals surface area contributed by atoms with Crippen molar-refractivity contribution in [2.75, 3.05) is 26.9 Å². The molecular formula is C29H32ClN5O5. The first-order valence-corrected chi connectivity index (χ1v) is 13.7. The third-order valence-corrected chi connectivity index (χ3v) is 7.76. The van der Waals surface area contributed by atoms with E-state index in [1.165, 1.54) is 12.0 Å². The van der Waals surface area contributed by atoms with E-state index in [0.29, 0.717) is 39.6 Å². The number of hydrogen-bond acceptors (Lipinski definition) is 8. The summed E-state index contributed by atoms with van der Waals surface area (Å²) in [6.07, 6.45) is 4.32. The van der Waals surface area contributed by atoms with Crippen LogP contribution >= 0.6 is 11.6 Å². The topological polar surface area (TPSA) is 127 Å². The highest BCUT2D eigenvalue weighted by Crippen LogP contribution is 2.32. The van der Waals surface area contributed by atoms with Crippen molar-refractivity contribution in [1.82, 2.24) is 25.2 Å². The number of halogens is 1. The summed E-state index contributed by atoms with van der Waals surface area (Å²) in [6, 6.07) is 9.13. The van der Waals surface area contributed by atoms with Gasteiger partial charge in [0.2, 0.25) is 11.8 Å². The van der Waals surface area contributed by atoms with Crippen LogP contribution in [0.15, 0.2) is 42.6 Å². The molecule has 0 bridgehead atoms. The van der Waals surface area contributed by atoms with E-state index >= 15 is 0 Å². The molecule has 40 heavy (non-hydrogen) atoms. The molecule has 210 valence electrons. The van der Waals surface area contributed by atoms with Gasteiger partial charge in [0.05, 0.1) is 36.2 Å². The summed E-state index contributed by atoms with van der Waals surface area (Å²) in [4.78, 5) is 41.6. The highest BCUT2D eigenvalue weighted by Gasteiger charge is 2.35. The van der Waals surface area contributed by atoms with E-state index < -0.39 is 18.0 Å². The number of hydrogen-bond donors (Lipinski definition) is 2. The van der Waals surface area contributed by atoms with Crippen LogP contribution < -0.4 is 10.1 Å². The van der Waals surface area contributed by atoms with E-state index in [1.807, 2.05) is 12.1 Å². The van der Waals surface area contributed by atoms with Gasteiger partial charge in [0.1, 0.15) is 11.9 Å². The van der Waals surface area contributed by atoms with Crippen LogP contribution in [-0.2, 0) is 22.5 Å². The van der Waals surface area contributed by atoms with Gasteiger partial charge in [-0.1, -0.05) is 29.8 Å². The Kier molecular flexibility index (Phi) is 8.58. The molecule has 10 nitrogen and oxygen atoms in total. The zero-order chi connectivity index (χ0) is 28.2. The van der Waals surface area contributed by atoms with Gasteiger partial charge in [-0.15, -0.1) is 0 Å². The Morgan fingerprint density at radius 3 is 2.80 bits per heavy atom. The molecule has 2 N–H and O–H groups in total. The predicted molar refractivity (Wildman–Crippen MR) is 148 cm³/mol. The molecule has 11 heteroatoms. The van der Waals surface area contributed by atoms with Crippen molar-refractivity contribution < 1.29 is 24.2 Å². The van der Waals surface area contributed by atoms with Crippen molar-refractivity contribution in [2.24, 2.45) is 5.92 Å². The van der Waals surface area contributed by atoms with E-state index in [0.717, 1.165) is 43.6 Å². The molecule has 0 spiro atoms. The number of aliphatic hydroxyl groups excluding tert-OH is 1. The Balaban J connectivity index is 1.30. The van der Waals surface area contributed by atoms with E-state index in [9.17, 15) is 14.7 Å². The predicted octanol–water partition coefficient (Wildman–Crippen LogP) is 3.36. The van der Waals surface area contributed by atoms with Crippen LogP contribution in [0.25, 0.3) is 11.3 Å². The van der Waals surface area contributed by atoms with Gasteiger partial charge in [0.15, 0.2) is 0 Å². The molecule has 2 aliphatic rings. The number of fused-ring (bicyclic) bond motifs is 1. The molecule has 5 rings (SSSR count). The summed E-state index contributed by atoms with van der Waals surface area (Å²) in [7, 11) is 1.49. The minimum atomic E-state index is -0.781. The lowest BCUT2D eigenvalue weighted by molar-refractivity contribution is -0.126. The van der Waals surface area contributed by atoms with Crippen LogP contribution in [0.5, 0.6) is 5.88 Å². The SMILES string of the molecule is COc1cccc([C@@H](CO)NC(=O)[C@@H](C)N2Cc3ccc(-c4nc(CC5CCOCC5)ncc4Cl)cc3C2=O)n1. The maximum absolute atomic E-state index is 13.4. The molecule has 4 heterocycles. The Bertz CT molecular complexity index is 1400. The maximum Gasteiger partial charge on any atom is 0.255 e. The quantitative estimate of drug-likeness (QED) is 0.404. The molecule has 0 unspecified atom stereocenters. The lowest BCUT2D eigenvalue weighted by atomic mass is 9.96. The Morgan fingerprint density at radius 2 is 2.05 bits per heavy atom.